The second-order valence-electron chi connectivity index (χ2n) is 6.45. The number of nitrogens with zero attached hydrogens (tertiary/aromatic N) is 2. The van der Waals surface area contributed by atoms with E-state index >= 15 is 0 Å². The number of amides is 1. The van der Waals surface area contributed by atoms with Crippen LogP contribution in [-0.2, 0) is 4.74 Å². The van der Waals surface area contributed by atoms with Crippen LogP contribution in [-0.4, -0.2) is 53.7 Å². The fourth-order valence-electron chi connectivity index (χ4n) is 2.40. The number of likely N-dealkylation sites (tertiary alicyclic amines) is 1. The lowest BCUT2D eigenvalue weighted by molar-refractivity contribution is -0.0109. The fraction of sp³-hybridized carbons (Fsp3) is 0.750. The third-order valence-corrected chi connectivity index (χ3v) is 3.47. The number of piperidine rings is 1. The van der Waals surface area contributed by atoms with Crippen molar-refractivity contribution in [2.75, 3.05) is 20.1 Å². The number of rotatable bonds is 3. The van der Waals surface area contributed by atoms with Crippen molar-refractivity contribution in [1.82, 2.24) is 4.90 Å². The number of hydrogen-bond donors (Lipinski definition) is 1. The van der Waals surface area contributed by atoms with E-state index in [1.54, 1.807) is 18.2 Å². The molecule has 0 aliphatic carbocycles. The molecule has 1 amide bonds. The van der Waals surface area contributed by atoms with E-state index in [0.717, 1.165) is 12.0 Å². The predicted octanol–water partition coefficient (Wildman–Crippen LogP) is 2.79. The maximum atomic E-state index is 12.0. The van der Waals surface area contributed by atoms with Crippen LogP contribution in [0.4, 0.5) is 4.79 Å². The molecule has 21 heavy (non-hydrogen) atoms. The van der Waals surface area contributed by atoms with Crippen LogP contribution in [0.3, 0.4) is 0 Å². The van der Waals surface area contributed by atoms with Crippen molar-refractivity contribution < 1.29 is 14.6 Å². The molecule has 0 aromatic heterocycles. The van der Waals surface area contributed by atoms with Gasteiger partial charge in [-0.1, -0.05) is 13.0 Å². The Morgan fingerprint density at radius 1 is 1.38 bits per heavy atom. The monoisotopic (exact) mass is 296 g/mol. The molecule has 5 heteroatoms. The Morgan fingerprint density at radius 3 is 2.38 bits per heavy atom. The van der Waals surface area contributed by atoms with Gasteiger partial charge in [0.25, 0.3) is 0 Å². The van der Waals surface area contributed by atoms with Gasteiger partial charge in [-0.2, -0.15) is 0 Å². The van der Waals surface area contributed by atoms with Crippen molar-refractivity contribution in [1.29, 1.82) is 0 Å². The Labute approximate surface area is 127 Å². The molecule has 1 rings (SSSR count). The highest BCUT2D eigenvalue weighted by Crippen LogP contribution is 2.29. The van der Waals surface area contributed by atoms with Gasteiger partial charge in [0.05, 0.1) is 5.60 Å². The van der Waals surface area contributed by atoms with E-state index in [4.69, 9.17) is 4.74 Å². The van der Waals surface area contributed by atoms with E-state index in [1.807, 2.05) is 33.8 Å². The van der Waals surface area contributed by atoms with Crippen LogP contribution >= 0.6 is 0 Å². The summed E-state index contributed by atoms with van der Waals surface area (Å²) in [7, 11) is 1.70. The molecule has 0 aromatic rings. The van der Waals surface area contributed by atoms with Gasteiger partial charge >= 0.3 is 6.09 Å². The van der Waals surface area contributed by atoms with Crippen LogP contribution < -0.4 is 0 Å². The Bertz CT molecular complexity index is 414. The maximum absolute atomic E-state index is 12.0. The molecule has 5 nitrogen and oxygen atoms in total. The average Bonchev–Trinajstić information content (AvgIpc) is 2.37. The molecule has 120 valence electrons. The Balaban J connectivity index is 2.69. The number of hydrogen-bond acceptors (Lipinski definition) is 4. The van der Waals surface area contributed by atoms with Crippen LogP contribution in [0.1, 0.15) is 47.0 Å². The van der Waals surface area contributed by atoms with Gasteiger partial charge in [-0.15, -0.1) is 0 Å². The first-order valence-electron chi connectivity index (χ1n) is 7.55. The molecular weight excluding hydrogens is 268 g/mol. The summed E-state index contributed by atoms with van der Waals surface area (Å²) in [5.41, 5.74) is -0.544. The third kappa shape index (κ3) is 5.16. The predicted molar refractivity (Wildman–Crippen MR) is 84.8 cm³/mol. The lowest BCUT2D eigenvalue weighted by Gasteiger charge is -2.39. The first-order valence-corrected chi connectivity index (χ1v) is 7.55. The van der Waals surface area contributed by atoms with Gasteiger partial charge in [0.2, 0.25) is 0 Å². The Hall–Kier alpha value is -1.36. The highest BCUT2D eigenvalue weighted by Gasteiger charge is 2.37. The molecule has 1 aliphatic rings. The first kappa shape index (κ1) is 17.7. The number of carbonyl (C=O) groups is 1. The minimum atomic E-state index is -0.895. The van der Waals surface area contributed by atoms with Gasteiger partial charge in [-0.3, -0.25) is 4.99 Å². The van der Waals surface area contributed by atoms with Crippen LogP contribution in [0.15, 0.2) is 16.6 Å². The lowest BCUT2D eigenvalue weighted by atomic mass is 9.84. The molecule has 0 aromatic carbocycles. The normalized spacial score (nSPS) is 19.9. The minimum Gasteiger partial charge on any atom is -0.444 e. The minimum absolute atomic E-state index is 0.310. The maximum Gasteiger partial charge on any atom is 0.410 e. The highest BCUT2D eigenvalue weighted by atomic mass is 16.6. The van der Waals surface area contributed by atoms with Crippen molar-refractivity contribution in [3.05, 3.63) is 11.6 Å². The summed E-state index contributed by atoms with van der Waals surface area (Å²) in [6.45, 7) is 8.57. The van der Waals surface area contributed by atoms with E-state index in [0.29, 0.717) is 25.9 Å². The van der Waals surface area contributed by atoms with Crippen LogP contribution in [0.5, 0.6) is 0 Å². The number of ether oxygens (including phenoxy) is 1. The molecule has 1 fully saturated rings. The molecule has 1 saturated heterocycles. The van der Waals surface area contributed by atoms with Gasteiger partial charge in [-0.25, -0.2) is 4.79 Å². The van der Waals surface area contributed by atoms with Crippen molar-refractivity contribution >= 4 is 12.3 Å². The smallest absolute Gasteiger partial charge is 0.410 e. The fourth-order valence-corrected chi connectivity index (χ4v) is 2.40. The van der Waals surface area contributed by atoms with Crippen LogP contribution in [0, 0.1) is 0 Å². The van der Waals surface area contributed by atoms with Crippen molar-refractivity contribution in [2.45, 2.75) is 58.2 Å². The molecular formula is C16H28N2O3. The highest BCUT2D eigenvalue weighted by molar-refractivity contribution is 5.81. The zero-order chi connectivity index (χ0) is 16.1. The van der Waals surface area contributed by atoms with E-state index in [1.165, 1.54) is 0 Å². The summed E-state index contributed by atoms with van der Waals surface area (Å²) in [5.74, 6) is 0. The second-order valence-corrected chi connectivity index (χ2v) is 6.45. The Kier molecular flexibility index (Phi) is 5.96. The number of carbonyl (C=O) groups excluding carboxylic acids is 1. The summed E-state index contributed by atoms with van der Waals surface area (Å²) < 4.78 is 5.37. The SMILES string of the molecule is CCC=C(C=NC)C1(O)CCN(C(=O)OC(C)(C)C)CC1. The van der Waals surface area contributed by atoms with Crippen molar-refractivity contribution in [3.8, 4) is 0 Å². The molecule has 1 N–H and O–H groups in total. The first-order chi connectivity index (χ1) is 9.72. The molecule has 0 atom stereocenters. The van der Waals surface area contributed by atoms with Gasteiger partial charge in [0, 0.05) is 26.4 Å². The average molecular weight is 296 g/mol. The quantitative estimate of drug-likeness (QED) is 0.815. The Morgan fingerprint density at radius 2 is 1.95 bits per heavy atom. The summed E-state index contributed by atoms with van der Waals surface area (Å²) in [6, 6.07) is 0. The molecule has 1 heterocycles. The van der Waals surface area contributed by atoms with Gasteiger partial charge in [-0.05, 0) is 45.6 Å². The molecule has 0 bridgehead atoms. The summed E-state index contributed by atoms with van der Waals surface area (Å²) in [4.78, 5) is 17.7. The topological polar surface area (TPSA) is 62.1 Å². The number of allylic oxidation sites excluding steroid dienone is 1. The summed E-state index contributed by atoms with van der Waals surface area (Å²) in [6.07, 6.45) is 5.26. The zero-order valence-electron chi connectivity index (χ0n) is 13.8. The van der Waals surface area contributed by atoms with Crippen LogP contribution in [0.2, 0.25) is 0 Å². The zero-order valence-corrected chi connectivity index (χ0v) is 13.8. The van der Waals surface area contributed by atoms with Gasteiger partial charge in [0.1, 0.15) is 5.60 Å². The molecule has 0 radical (unpaired) electrons. The van der Waals surface area contributed by atoms with Gasteiger partial charge in [0.15, 0.2) is 0 Å². The van der Waals surface area contributed by atoms with Crippen LogP contribution in [0.25, 0.3) is 0 Å². The standard InChI is InChI=1S/C16H28N2O3/c1-6-7-13(12-17-5)16(20)8-10-18(11-9-16)14(19)21-15(2,3)4/h7,12,20H,6,8-11H2,1-5H3. The van der Waals surface area contributed by atoms with Crippen molar-refractivity contribution in [2.24, 2.45) is 4.99 Å². The molecule has 0 unspecified atom stereocenters. The van der Waals surface area contributed by atoms with E-state index < -0.39 is 11.2 Å². The molecule has 0 saturated carbocycles. The van der Waals surface area contributed by atoms with E-state index in [9.17, 15) is 9.90 Å². The third-order valence-electron chi connectivity index (χ3n) is 3.47. The summed E-state index contributed by atoms with van der Waals surface area (Å²) >= 11 is 0. The van der Waals surface area contributed by atoms with Gasteiger partial charge < -0.3 is 14.7 Å². The largest absolute Gasteiger partial charge is 0.444 e. The number of aliphatic imine (C=N–C) groups is 1. The second kappa shape index (κ2) is 7.07. The molecule has 0 spiro atoms. The van der Waals surface area contributed by atoms with E-state index in [2.05, 4.69) is 4.99 Å². The summed E-state index contributed by atoms with van der Waals surface area (Å²) in [5, 5.41) is 10.8. The van der Waals surface area contributed by atoms with Crippen molar-refractivity contribution in [3.63, 3.8) is 0 Å². The van der Waals surface area contributed by atoms with E-state index in [-0.39, 0.29) is 6.09 Å². The molecule has 1 aliphatic heterocycles. The lowest BCUT2D eigenvalue weighted by Crippen LogP contribution is -2.49. The number of aliphatic hydroxyl groups is 1.